The molecule has 0 aromatic carbocycles. The lowest BCUT2D eigenvalue weighted by Gasteiger charge is -2.18. The molecule has 0 aliphatic carbocycles. The largest absolute Gasteiger partial charge is 0.462 e. The van der Waals surface area contributed by atoms with E-state index in [0.717, 1.165) is 64.2 Å². The van der Waals surface area contributed by atoms with Crippen LogP contribution in [0.4, 0.5) is 0 Å². The molecule has 0 spiro atoms. The van der Waals surface area contributed by atoms with Crippen LogP contribution in [0.1, 0.15) is 361 Å². The minimum atomic E-state index is -0.773. The highest BCUT2D eigenvalue weighted by Gasteiger charge is 2.19. The predicted octanol–water partition coefficient (Wildman–Crippen LogP) is 22.4. The van der Waals surface area contributed by atoms with Gasteiger partial charge in [0.25, 0.3) is 0 Å². The fourth-order valence-electron chi connectivity index (χ4n) is 9.88. The molecule has 0 aliphatic rings. The normalized spacial score (nSPS) is 12.2. The van der Waals surface area contributed by atoms with Crippen LogP contribution in [0.25, 0.3) is 0 Å². The van der Waals surface area contributed by atoms with Gasteiger partial charge < -0.3 is 14.2 Å². The number of unbranched alkanes of at least 4 members (excludes halogenated alkanes) is 44. The summed E-state index contributed by atoms with van der Waals surface area (Å²) >= 11 is 0. The third-order valence-corrected chi connectivity index (χ3v) is 14.9. The lowest BCUT2D eigenvalue weighted by molar-refractivity contribution is -0.167. The van der Waals surface area contributed by atoms with Gasteiger partial charge in [-0.3, -0.25) is 14.4 Å². The van der Waals surface area contributed by atoms with Crippen molar-refractivity contribution in [3.63, 3.8) is 0 Å². The molecule has 1 atom stereocenters. The van der Waals surface area contributed by atoms with Gasteiger partial charge in [0, 0.05) is 19.3 Å². The van der Waals surface area contributed by atoms with E-state index in [-0.39, 0.29) is 31.1 Å². The van der Waals surface area contributed by atoms with E-state index in [4.69, 9.17) is 14.2 Å². The Morgan fingerprint density at radius 2 is 0.486 bits per heavy atom. The molecule has 0 saturated heterocycles. The summed E-state index contributed by atoms with van der Waals surface area (Å²) in [5.41, 5.74) is 0. The van der Waals surface area contributed by atoms with E-state index in [1.165, 1.54) is 257 Å². The zero-order valence-corrected chi connectivity index (χ0v) is 49.9. The monoisotopic (exact) mass is 1040 g/mol. The topological polar surface area (TPSA) is 78.9 Å². The second-order valence-corrected chi connectivity index (χ2v) is 22.4. The molecule has 434 valence electrons. The minimum Gasteiger partial charge on any atom is -0.462 e. The van der Waals surface area contributed by atoms with Crippen molar-refractivity contribution >= 4 is 17.9 Å². The van der Waals surface area contributed by atoms with Crippen molar-refractivity contribution in [2.45, 2.75) is 367 Å². The summed E-state index contributed by atoms with van der Waals surface area (Å²) in [4.78, 5) is 38.3. The molecule has 6 nitrogen and oxygen atoms in total. The average Bonchev–Trinajstić information content (AvgIpc) is 3.40. The first-order chi connectivity index (χ1) is 36.5. The molecule has 74 heavy (non-hydrogen) atoms. The van der Waals surface area contributed by atoms with Crippen LogP contribution in [-0.4, -0.2) is 37.2 Å². The number of hydrogen-bond acceptors (Lipinski definition) is 6. The highest BCUT2D eigenvalue weighted by molar-refractivity contribution is 5.71. The standard InChI is InChI=1S/C68H126O6/c1-4-7-10-13-16-19-22-25-28-31-32-33-34-35-36-38-40-43-46-49-52-55-58-61-67(70)73-64-65(63-72-66(69)60-57-54-51-48-45-42-39-30-27-24-21-18-15-12-9-6-3)74-68(71)62-59-56-53-50-47-44-41-37-29-26-23-20-17-14-11-8-5-2/h22,25-26,29,31-32,65H,4-21,23-24,27-28,30,33-64H2,1-3H3/b25-22-,29-26-,32-31-. The van der Waals surface area contributed by atoms with Crippen LogP contribution in [0, 0.1) is 0 Å². The molecule has 0 heterocycles. The maximum Gasteiger partial charge on any atom is 0.306 e. The van der Waals surface area contributed by atoms with Gasteiger partial charge in [-0.05, 0) is 77.0 Å². The lowest BCUT2D eigenvalue weighted by Crippen LogP contribution is -2.30. The molecule has 0 bridgehead atoms. The summed E-state index contributed by atoms with van der Waals surface area (Å²) in [6.07, 6.45) is 77.2. The number of rotatable bonds is 61. The zero-order chi connectivity index (χ0) is 53.6. The SMILES string of the molecule is CCCCCCC/C=C\C/C=C\CCCCCCCCCCCCCC(=O)OCC(COC(=O)CCCCCCCCCCCCCCCCCC)OC(=O)CCCCCCCCC/C=C\CCCCCCCC. The number of hydrogen-bond donors (Lipinski definition) is 0. The highest BCUT2D eigenvalue weighted by Crippen LogP contribution is 2.17. The molecule has 0 aliphatic heterocycles. The average molecular weight is 1040 g/mol. The van der Waals surface area contributed by atoms with Gasteiger partial charge in [0.05, 0.1) is 0 Å². The molecule has 1 unspecified atom stereocenters. The van der Waals surface area contributed by atoms with E-state index in [1.54, 1.807) is 0 Å². The van der Waals surface area contributed by atoms with Gasteiger partial charge in [0.1, 0.15) is 13.2 Å². The van der Waals surface area contributed by atoms with Gasteiger partial charge >= 0.3 is 17.9 Å². The van der Waals surface area contributed by atoms with Crippen LogP contribution in [0.15, 0.2) is 36.5 Å². The second-order valence-electron chi connectivity index (χ2n) is 22.4. The molecule has 0 N–H and O–H groups in total. The second kappa shape index (κ2) is 63.2. The molecule has 0 amide bonds. The first-order valence-corrected chi connectivity index (χ1v) is 33.0. The van der Waals surface area contributed by atoms with Crippen molar-refractivity contribution in [1.29, 1.82) is 0 Å². The van der Waals surface area contributed by atoms with Crippen LogP contribution in [0.2, 0.25) is 0 Å². The molecule has 0 radical (unpaired) electrons. The smallest absolute Gasteiger partial charge is 0.306 e. The van der Waals surface area contributed by atoms with Crippen molar-refractivity contribution in [2.24, 2.45) is 0 Å². The Morgan fingerprint density at radius 1 is 0.270 bits per heavy atom. The van der Waals surface area contributed by atoms with Crippen LogP contribution < -0.4 is 0 Å². The summed E-state index contributed by atoms with van der Waals surface area (Å²) in [6.45, 7) is 6.69. The minimum absolute atomic E-state index is 0.0697. The summed E-state index contributed by atoms with van der Waals surface area (Å²) in [6, 6.07) is 0. The number of allylic oxidation sites excluding steroid dienone is 6. The van der Waals surface area contributed by atoms with Gasteiger partial charge in [-0.25, -0.2) is 0 Å². The number of ether oxygens (including phenoxy) is 3. The molecule has 0 rings (SSSR count). The lowest BCUT2D eigenvalue weighted by atomic mass is 10.0. The number of esters is 3. The Hall–Kier alpha value is -2.37. The van der Waals surface area contributed by atoms with E-state index in [0.29, 0.717) is 19.3 Å². The van der Waals surface area contributed by atoms with Crippen molar-refractivity contribution in [3.05, 3.63) is 36.5 Å². The van der Waals surface area contributed by atoms with Gasteiger partial charge in [0.2, 0.25) is 0 Å². The highest BCUT2D eigenvalue weighted by atomic mass is 16.6. The fourth-order valence-corrected chi connectivity index (χ4v) is 9.88. The molecule has 0 fully saturated rings. The van der Waals surface area contributed by atoms with Crippen LogP contribution in [0.5, 0.6) is 0 Å². The van der Waals surface area contributed by atoms with Crippen LogP contribution in [-0.2, 0) is 28.6 Å². The van der Waals surface area contributed by atoms with E-state index in [2.05, 4.69) is 57.2 Å². The first-order valence-electron chi connectivity index (χ1n) is 33.0. The third-order valence-electron chi connectivity index (χ3n) is 14.9. The van der Waals surface area contributed by atoms with Crippen LogP contribution in [0.3, 0.4) is 0 Å². The van der Waals surface area contributed by atoms with Crippen molar-refractivity contribution in [2.75, 3.05) is 13.2 Å². The van der Waals surface area contributed by atoms with E-state index in [1.807, 2.05) is 0 Å². The Morgan fingerprint density at radius 3 is 0.757 bits per heavy atom. The summed E-state index contributed by atoms with van der Waals surface area (Å²) in [7, 11) is 0. The Kier molecular flexibility index (Phi) is 61.1. The van der Waals surface area contributed by atoms with Gasteiger partial charge in [-0.1, -0.05) is 301 Å². The molecule has 0 aromatic rings. The predicted molar refractivity (Wildman–Crippen MR) is 321 cm³/mol. The van der Waals surface area contributed by atoms with Gasteiger partial charge in [-0.15, -0.1) is 0 Å². The Balaban J connectivity index is 4.30. The van der Waals surface area contributed by atoms with E-state index < -0.39 is 6.10 Å². The summed E-state index contributed by atoms with van der Waals surface area (Å²) in [5, 5.41) is 0. The van der Waals surface area contributed by atoms with Crippen molar-refractivity contribution in [1.82, 2.24) is 0 Å². The summed E-state index contributed by atoms with van der Waals surface area (Å²) < 4.78 is 17.0. The van der Waals surface area contributed by atoms with E-state index >= 15 is 0 Å². The van der Waals surface area contributed by atoms with Crippen molar-refractivity contribution in [3.8, 4) is 0 Å². The zero-order valence-electron chi connectivity index (χ0n) is 49.9. The van der Waals surface area contributed by atoms with Gasteiger partial charge in [0.15, 0.2) is 6.10 Å². The Bertz CT molecular complexity index is 1240. The fraction of sp³-hybridized carbons (Fsp3) is 0.868. The van der Waals surface area contributed by atoms with Crippen LogP contribution >= 0.6 is 0 Å². The molecule has 6 heteroatoms. The molecular weight excluding hydrogens is 913 g/mol. The number of carbonyl (C=O) groups excluding carboxylic acids is 3. The first kappa shape index (κ1) is 71.6. The molecule has 0 saturated carbocycles. The Labute approximate surface area is 461 Å². The van der Waals surface area contributed by atoms with Crippen molar-refractivity contribution < 1.29 is 28.6 Å². The maximum absolute atomic E-state index is 12.9. The maximum atomic E-state index is 12.9. The third kappa shape index (κ3) is 60.5. The molecule has 0 aromatic heterocycles. The molecular formula is C68H126O6. The summed E-state index contributed by atoms with van der Waals surface area (Å²) in [5.74, 6) is -0.851. The van der Waals surface area contributed by atoms with E-state index in [9.17, 15) is 14.4 Å². The quantitative estimate of drug-likeness (QED) is 0.0261. The van der Waals surface area contributed by atoms with Gasteiger partial charge in [-0.2, -0.15) is 0 Å². The number of carbonyl (C=O) groups is 3.